The van der Waals surface area contributed by atoms with Crippen LogP contribution < -0.4 is 5.11 Å². The lowest BCUT2D eigenvalue weighted by Gasteiger charge is -2.46. The number of allylic oxidation sites excluding steroid dienone is 3. The number of aliphatic imine (C=N–C) groups is 1. The van der Waals surface area contributed by atoms with E-state index in [2.05, 4.69) is 4.99 Å². The van der Waals surface area contributed by atoms with Crippen molar-refractivity contribution >= 4 is 17.7 Å². The Morgan fingerprint density at radius 1 is 1.62 bits per heavy atom. The molecule has 0 aromatic carbocycles. The highest BCUT2D eigenvalue weighted by Crippen LogP contribution is 2.30. The van der Waals surface area contributed by atoms with E-state index in [-0.39, 0.29) is 6.42 Å². The first kappa shape index (κ1) is 10.6. The van der Waals surface area contributed by atoms with Gasteiger partial charge in [-0.2, -0.15) is 4.99 Å². The van der Waals surface area contributed by atoms with Crippen molar-refractivity contribution in [2.75, 3.05) is 0 Å². The Morgan fingerprint density at radius 3 is 2.94 bits per heavy atom. The largest absolute Gasteiger partial charge is 0.548 e. The van der Waals surface area contributed by atoms with Crippen LogP contribution in [0.4, 0.5) is 0 Å². The molecule has 16 heavy (non-hydrogen) atoms. The number of nitrogens with zero attached hydrogens (tertiary/aromatic N) is 2. The first-order valence-electron chi connectivity index (χ1n) is 4.93. The number of fused-ring (bicyclic) bond motifs is 1. The molecule has 0 radical (unpaired) electrons. The first-order chi connectivity index (χ1) is 7.45. The monoisotopic (exact) mass is 219 g/mol. The van der Waals surface area contributed by atoms with Gasteiger partial charge in [0.25, 0.3) is 0 Å². The van der Waals surface area contributed by atoms with Crippen molar-refractivity contribution in [3.63, 3.8) is 0 Å². The fourth-order valence-corrected chi connectivity index (χ4v) is 2.04. The number of carbonyl (C=O) groups excluding carboxylic acids is 2. The number of hydrogen-bond acceptors (Lipinski definition) is 4. The smallest absolute Gasteiger partial charge is 0.250 e. The number of carbonyl (C=O) groups is 2. The van der Waals surface area contributed by atoms with E-state index in [9.17, 15) is 14.7 Å². The molecule has 84 valence electrons. The van der Waals surface area contributed by atoms with Gasteiger partial charge in [-0.25, -0.2) is 0 Å². The van der Waals surface area contributed by atoms with Gasteiger partial charge in [0.15, 0.2) is 0 Å². The Labute approximate surface area is 92.8 Å². The number of carboxylic acids is 1. The predicted octanol–water partition coefficient (Wildman–Crippen LogP) is -0.401. The number of amides is 1. The molecule has 2 rings (SSSR count). The fourth-order valence-electron chi connectivity index (χ4n) is 2.04. The lowest BCUT2D eigenvalue weighted by molar-refractivity contribution is -0.316. The van der Waals surface area contributed by atoms with Crippen LogP contribution in [0.15, 0.2) is 28.9 Å². The molecular formula is C11H11N2O3-. The minimum Gasteiger partial charge on any atom is -0.548 e. The number of aliphatic carboxylic acids is 1. The summed E-state index contributed by atoms with van der Waals surface area (Å²) in [6.07, 6.45) is 4.96. The summed E-state index contributed by atoms with van der Waals surface area (Å²) in [4.78, 5) is 27.9. The molecule has 0 bridgehead atoms. The summed E-state index contributed by atoms with van der Waals surface area (Å²) < 4.78 is 0. The maximum Gasteiger partial charge on any atom is 0.250 e. The van der Waals surface area contributed by atoms with Crippen LogP contribution in [0.2, 0.25) is 0 Å². The topological polar surface area (TPSA) is 72.8 Å². The molecule has 0 saturated heterocycles. The predicted molar refractivity (Wildman–Crippen MR) is 55.2 cm³/mol. The summed E-state index contributed by atoms with van der Waals surface area (Å²) in [5.41, 5.74) is -0.611. The third-order valence-electron chi connectivity index (χ3n) is 2.83. The van der Waals surface area contributed by atoms with Crippen LogP contribution in [0, 0.1) is 0 Å². The molecular weight excluding hydrogens is 208 g/mol. The molecule has 0 unspecified atom stereocenters. The number of hydrogen-bond donors (Lipinski definition) is 0. The Kier molecular flexibility index (Phi) is 2.18. The summed E-state index contributed by atoms with van der Waals surface area (Å²) in [5.74, 6) is -1.34. The minimum atomic E-state index is -1.35. The summed E-state index contributed by atoms with van der Waals surface area (Å²) in [7, 11) is 0. The summed E-state index contributed by atoms with van der Waals surface area (Å²) in [6, 6.07) is 0. The molecule has 0 aliphatic carbocycles. The molecule has 2 heterocycles. The average molecular weight is 219 g/mol. The average Bonchev–Trinajstić information content (AvgIpc) is 2.16. The first-order valence-corrected chi connectivity index (χ1v) is 4.93. The normalized spacial score (nSPS) is 28.4. The molecule has 1 amide bonds. The molecule has 5 nitrogen and oxygen atoms in total. The quantitative estimate of drug-likeness (QED) is 0.601. The van der Waals surface area contributed by atoms with Gasteiger partial charge >= 0.3 is 0 Å². The van der Waals surface area contributed by atoms with E-state index >= 15 is 0 Å². The molecule has 0 fully saturated rings. The minimum absolute atomic E-state index is 0.169. The zero-order valence-corrected chi connectivity index (χ0v) is 9.06. The van der Waals surface area contributed by atoms with E-state index in [0.717, 1.165) is 5.70 Å². The van der Waals surface area contributed by atoms with Gasteiger partial charge in [0, 0.05) is 5.70 Å². The molecule has 1 atom stereocenters. The molecule has 2 aliphatic rings. The second kappa shape index (κ2) is 3.30. The van der Waals surface area contributed by atoms with Crippen molar-refractivity contribution < 1.29 is 14.7 Å². The van der Waals surface area contributed by atoms with Gasteiger partial charge in [-0.3, -0.25) is 4.79 Å². The highest BCUT2D eigenvalue weighted by atomic mass is 16.4. The SMILES string of the molecule is CC1=CC=CC2=NC(=O)C[C@@](C)(C(=O)[O-])N12. The van der Waals surface area contributed by atoms with Crippen LogP contribution in [0.25, 0.3) is 0 Å². The van der Waals surface area contributed by atoms with Gasteiger partial charge in [0.05, 0.1) is 17.9 Å². The van der Waals surface area contributed by atoms with E-state index < -0.39 is 17.4 Å². The van der Waals surface area contributed by atoms with Crippen molar-refractivity contribution in [1.29, 1.82) is 0 Å². The highest BCUT2D eigenvalue weighted by molar-refractivity contribution is 6.08. The van der Waals surface area contributed by atoms with E-state index in [1.807, 2.05) is 0 Å². The van der Waals surface area contributed by atoms with E-state index in [1.165, 1.54) is 11.8 Å². The van der Waals surface area contributed by atoms with Crippen molar-refractivity contribution in [2.45, 2.75) is 25.8 Å². The number of carboxylic acid groups (broad SMARTS) is 1. The Morgan fingerprint density at radius 2 is 2.31 bits per heavy atom. The third-order valence-corrected chi connectivity index (χ3v) is 2.83. The van der Waals surface area contributed by atoms with E-state index in [4.69, 9.17) is 0 Å². The van der Waals surface area contributed by atoms with Crippen molar-refractivity contribution in [3.8, 4) is 0 Å². The molecule has 0 N–H and O–H groups in total. The standard InChI is InChI=1S/C11H12N2O3/c1-7-4-3-5-8-12-9(14)6-11(2,10(15)16)13(7)8/h3-5H,6H2,1-2H3,(H,15,16)/p-1/t11-/m0/s1. The van der Waals surface area contributed by atoms with Gasteiger partial charge in [-0.15, -0.1) is 0 Å². The van der Waals surface area contributed by atoms with Crippen molar-refractivity contribution in [1.82, 2.24) is 4.90 Å². The molecule has 0 aromatic heterocycles. The zero-order chi connectivity index (χ0) is 11.9. The van der Waals surface area contributed by atoms with Crippen molar-refractivity contribution in [2.24, 2.45) is 4.99 Å². The molecule has 0 spiro atoms. The highest BCUT2D eigenvalue weighted by Gasteiger charge is 2.42. The van der Waals surface area contributed by atoms with Crippen LogP contribution in [-0.2, 0) is 9.59 Å². The van der Waals surface area contributed by atoms with Crippen LogP contribution in [0.3, 0.4) is 0 Å². The fraction of sp³-hybridized carbons (Fsp3) is 0.364. The van der Waals surface area contributed by atoms with Gasteiger partial charge in [-0.1, -0.05) is 6.08 Å². The van der Waals surface area contributed by atoms with E-state index in [1.54, 1.807) is 25.2 Å². The van der Waals surface area contributed by atoms with Crippen LogP contribution >= 0.6 is 0 Å². The maximum absolute atomic E-state index is 11.4. The van der Waals surface area contributed by atoms with Crippen molar-refractivity contribution in [3.05, 3.63) is 23.9 Å². The summed E-state index contributed by atoms with van der Waals surface area (Å²) in [6.45, 7) is 3.25. The second-order valence-electron chi connectivity index (χ2n) is 4.10. The van der Waals surface area contributed by atoms with Gasteiger partial charge in [0.1, 0.15) is 5.84 Å². The number of rotatable bonds is 1. The lowest BCUT2D eigenvalue weighted by atomic mass is 9.91. The van der Waals surface area contributed by atoms with E-state index in [0.29, 0.717) is 5.84 Å². The van der Waals surface area contributed by atoms with Crippen LogP contribution in [0.5, 0.6) is 0 Å². The van der Waals surface area contributed by atoms with Gasteiger partial charge in [0.2, 0.25) is 5.91 Å². The summed E-state index contributed by atoms with van der Waals surface area (Å²) in [5, 5.41) is 11.2. The maximum atomic E-state index is 11.4. The molecule has 5 heteroatoms. The third kappa shape index (κ3) is 1.36. The van der Waals surface area contributed by atoms with Gasteiger partial charge in [-0.05, 0) is 26.0 Å². The van der Waals surface area contributed by atoms with Gasteiger partial charge < -0.3 is 14.8 Å². The lowest BCUT2D eigenvalue weighted by Crippen LogP contribution is -2.62. The Bertz CT molecular complexity index is 462. The Balaban J connectivity index is 2.56. The molecule has 0 aromatic rings. The van der Waals surface area contributed by atoms with Crippen LogP contribution in [0.1, 0.15) is 20.3 Å². The second-order valence-corrected chi connectivity index (χ2v) is 4.10. The molecule has 2 aliphatic heterocycles. The zero-order valence-electron chi connectivity index (χ0n) is 9.06. The molecule has 0 saturated carbocycles. The Hall–Kier alpha value is -1.91. The van der Waals surface area contributed by atoms with Crippen LogP contribution in [-0.4, -0.2) is 28.2 Å². The summed E-state index contributed by atoms with van der Waals surface area (Å²) >= 11 is 0. The number of amidine groups is 1.